The molecule has 1 aliphatic rings. The largest absolute Gasteiger partial charge is 0.497 e. The fraction of sp³-hybridized carbons (Fsp3) is 0.184. The third-order valence-corrected chi connectivity index (χ3v) is 9.08. The first-order chi connectivity index (χ1) is 23.8. The highest BCUT2D eigenvalue weighted by Gasteiger charge is 2.34. The van der Waals surface area contributed by atoms with Crippen LogP contribution < -0.4 is 43.9 Å². The zero-order valence-corrected chi connectivity index (χ0v) is 28.5. The van der Waals surface area contributed by atoms with Gasteiger partial charge in [0.2, 0.25) is 0 Å². The molecule has 49 heavy (non-hydrogen) atoms. The molecular weight excluding hydrogens is 642 g/mol. The lowest BCUT2D eigenvalue weighted by atomic mass is 9.94. The zero-order valence-electron chi connectivity index (χ0n) is 27.7. The summed E-state index contributed by atoms with van der Waals surface area (Å²) in [5.41, 5.74) is 3.45. The van der Waals surface area contributed by atoms with Crippen molar-refractivity contribution in [2.75, 3.05) is 33.8 Å². The van der Waals surface area contributed by atoms with E-state index in [-0.39, 0.29) is 18.1 Å². The summed E-state index contributed by atoms with van der Waals surface area (Å²) < 4.78 is 30.0. The van der Waals surface area contributed by atoms with Crippen LogP contribution in [0.5, 0.6) is 28.7 Å². The number of fused-ring (bicyclic) bond motifs is 1. The molecule has 0 saturated heterocycles. The van der Waals surface area contributed by atoms with Crippen molar-refractivity contribution in [1.82, 2.24) is 4.57 Å². The molecule has 0 unspecified atom stereocenters. The maximum Gasteiger partial charge on any atom is 0.271 e. The number of anilines is 1. The number of allylic oxidation sites excluding steroid dienone is 1. The van der Waals surface area contributed by atoms with E-state index < -0.39 is 6.04 Å². The number of aromatic nitrogens is 1. The SMILES string of the molecule is COc1ccc(OC)c(COc2ccc(/C=c3\sc4n(c3=O)[C@H](c3ccc(OC)cc3OC)C(C(=O)Nc3ccccc3)=C(C)N=4)cc2)c1. The van der Waals surface area contributed by atoms with E-state index in [1.54, 1.807) is 64.2 Å². The fourth-order valence-corrected chi connectivity index (χ4v) is 6.68. The number of rotatable bonds is 11. The molecule has 10 nitrogen and oxygen atoms in total. The van der Waals surface area contributed by atoms with Gasteiger partial charge >= 0.3 is 0 Å². The van der Waals surface area contributed by atoms with Crippen molar-refractivity contribution in [2.45, 2.75) is 19.6 Å². The molecular formula is C38H35N3O7S. The smallest absolute Gasteiger partial charge is 0.271 e. The average Bonchev–Trinajstić information content (AvgIpc) is 3.43. The van der Waals surface area contributed by atoms with Gasteiger partial charge < -0.3 is 29.0 Å². The summed E-state index contributed by atoms with van der Waals surface area (Å²) in [7, 11) is 6.34. The molecule has 1 N–H and O–H groups in total. The molecule has 0 fully saturated rings. The van der Waals surface area contributed by atoms with Gasteiger partial charge in [-0.05, 0) is 73.2 Å². The van der Waals surface area contributed by atoms with Crippen molar-refractivity contribution in [3.63, 3.8) is 0 Å². The summed E-state index contributed by atoms with van der Waals surface area (Å²) in [5.74, 6) is 2.75. The number of methoxy groups -OCH3 is 4. The number of amides is 1. The summed E-state index contributed by atoms with van der Waals surface area (Å²) in [6.45, 7) is 2.06. The third-order valence-electron chi connectivity index (χ3n) is 8.09. The van der Waals surface area contributed by atoms with Gasteiger partial charge in [-0.3, -0.25) is 14.2 Å². The Morgan fingerprint density at radius 2 is 1.51 bits per heavy atom. The van der Waals surface area contributed by atoms with Gasteiger partial charge in [-0.15, -0.1) is 0 Å². The molecule has 250 valence electrons. The van der Waals surface area contributed by atoms with E-state index in [1.165, 1.54) is 11.3 Å². The van der Waals surface area contributed by atoms with Crippen LogP contribution in [0.15, 0.2) is 112 Å². The Labute approximate surface area is 287 Å². The molecule has 4 aromatic carbocycles. The lowest BCUT2D eigenvalue weighted by Crippen LogP contribution is -2.40. The highest BCUT2D eigenvalue weighted by Crippen LogP contribution is 2.37. The molecule has 2 heterocycles. The van der Waals surface area contributed by atoms with Crippen LogP contribution in [-0.2, 0) is 11.4 Å². The summed E-state index contributed by atoms with van der Waals surface area (Å²) in [6.07, 6.45) is 1.81. The van der Waals surface area contributed by atoms with E-state index in [0.717, 1.165) is 11.1 Å². The first kappa shape index (κ1) is 33.1. The molecule has 0 radical (unpaired) electrons. The third kappa shape index (κ3) is 6.93. The Kier molecular flexibility index (Phi) is 9.82. The highest BCUT2D eigenvalue weighted by molar-refractivity contribution is 7.07. The molecule has 1 amide bonds. The molecule has 5 aromatic rings. The molecule has 0 aliphatic carbocycles. The van der Waals surface area contributed by atoms with Crippen molar-refractivity contribution in [3.05, 3.63) is 139 Å². The minimum absolute atomic E-state index is 0.283. The van der Waals surface area contributed by atoms with Gasteiger partial charge in [-0.25, -0.2) is 4.99 Å². The number of nitrogens with one attached hydrogen (secondary N) is 1. The van der Waals surface area contributed by atoms with Crippen LogP contribution in [0.4, 0.5) is 5.69 Å². The van der Waals surface area contributed by atoms with Gasteiger partial charge in [0, 0.05) is 22.9 Å². The average molecular weight is 678 g/mol. The number of nitrogens with zero attached hydrogens (tertiary/aromatic N) is 2. The molecule has 0 saturated carbocycles. The zero-order chi connectivity index (χ0) is 34.5. The number of benzene rings is 4. The van der Waals surface area contributed by atoms with Crippen LogP contribution in [-0.4, -0.2) is 38.9 Å². The topological polar surface area (TPSA) is 110 Å². The van der Waals surface area contributed by atoms with E-state index in [1.807, 2.05) is 72.8 Å². The van der Waals surface area contributed by atoms with Gasteiger partial charge in [0.1, 0.15) is 41.4 Å². The number of hydrogen-bond acceptors (Lipinski definition) is 9. The van der Waals surface area contributed by atoms with Crippen LogP contribution in [0, 0.1) is 0 Å². The molecule has 0 bridgehead atoms. The number of carbonyl (C=O) groups excluding carboxylic acids is 1. The van der Waals surface area contributed by atoms with Gasteiger partial charge in [-0.1, -0.05) is 41.7 Å². The van der Waals surface area contributed by atoms with Crippen molar-refractivity contribution in [2.24, 2.45) is 4.99 Å². The Bertz CT molecular complexity index is 2210. The number of ether oxygens (including phenoxy) is 5. The summed E-state index contributed by atoms with van der Waals surface area (Å²) >= 11 is 1.26. The van der Waals surface area contributed by atoms with E-state index in [9.17, 15) is 9.59 Å². The van der Waals surface area contributed by atoms with Crippen molar-refractivity contribution < 1.29 is 28.5 Å². The highest BCUT2D eigenvalue weighted by atomic mass is 32.1. The van der Waals surface area contributed by atoms with Gasteiger partial charge in [0.15, 0.2) is 4.80 Å². The second kappa shape index (κ2) is 14.5. The summed E-state index contributed by atoms with van der Waals surface area (Å²) in [6, 6.07) is 26.7. The lowest BCUT2D eigenvalue weighted by molar-refractivity contribution is -0.113. The molecule has 1 aromatic heterocycles. The number of para-hydroxylation sites is 1. The monoisotopic (exact) mass is 677 g/mol. The summed E-state index contributed by atoms with van der Waals surface area (Å²) in [5, 5.41) is 2.97. The van der Waals surface area contributed by atoms with E-state index >= 15 is 0 Å². The Balaban J connectivity index is 1.36. The number of thiazole rings is 1. The van der Waals surface area contributed by atoms with Gasteiger partial charge in [0.25, 0.3) is 11.5 Å². The van der Waals surface area contributed by atoms with Crippen LogP contribution in [0.3, 0.4) is 0 Å². The first-order valence-corrected chi connectivity index (χ1v) is 16.2. The van der Waals surface area contributed by atoms with Crippen molar-refractivity contribution >= 4 is 29.0 Å². The van der Waals surface area contributed by atoms with Crippen LogP contribution in [0.25, 0.3) is 6.08 Å². The predicted molar refractivity (Wildman–Crippen MR) is 189 cm³/mol. The second-order valence-corrected chi connectivity index (χ2v) is 12.1. The molecule has 11 heteroatoms. The van der Waals surface area contributed by atoms with Crippen LogP contribution in [0.2, 0.25) is 0 Å². The van der Waals surface area contributed by atoms with Crippen molar-refractivity contribution in [3.8, 4) is 28.7 Å². The predicted octanol–water partition coefficient (Wildman–Crippen LogP) is 5.49. The quantitative estimate of drug-likeness (QED) is 0.197. The normalized spacial score (nSPS) is 14.1. The Hall–Kier alpha value is -5.81. The fourth-order valence-electron chi connectivity index (χ4n) is 5.64. The van der Waals surface area contributed by atoms with Gasteiger partial charge in [-0.2, -0.15) is 0 Å². The molecule has 0 spiro atoms. The Morgan fingerprint density at radius 1 is 0.837 bits per heavy atom. The minimum atomic E-state index is -0.813. The second-order valence-electron chi connectivity index (χ2n) is 11.0. The maximum absolute atomic E-state index is 14.2. The van der Waals surface area contributed by atoms with Gasteiger partial charge in [0.05, 0.1) is 44.2 Å². The lowest BCUT2D eigenvalue weighted by Gasteiger charge is -2.26. The number of carbonyl (C=O) groups is 1. The molecule has 6 rings (SSSR count). The van der Waals surface area contributed by atoms with E-state index in [4.69, 9.17) is 28.7 Å². The van der Waals surface area contributed by atoms with E-state index in [0.29, 0.717) is 60.6 Å². The number of hydrogen-bond donors (Lipinski definition) is 1. The summed E-state index contributed by atoms with van der Waals surface area (Å²) in [4.78, 5) is 33.3. The van der Waals surface area contributed by atoms with Crippen LogP contribution in [0.1, 0.15) is 29.7 Å². The maximum atomic E-state index is 14.2. The molecule has 1 aliphatic heterocycles. The Morgan fingerprint density at radius 3 is 2.20 bits per heavy atom. The molecule has 1 atom stereocenters. The standard InChI is InChI=1S/C38H35N3O7S/c1-23-34(36(42)40-26-9-7-6-8-10-26)35(30-17-15-29(45-3)21-32(30)47-5)41-37(43)33(49-38(41)39-23)19-24-11-13-27(14-12-24)48-22-25-20-28(44-2)16-18-31(25)46-4/h6-21,35H,22H2,1-5H3,(H,40,42)/b33-19-/t35-/m1/s1. The van der Waals surface area contributed by atoms with Crippen LogP contribution >= 0.6 is 11.3 Å². The first-order valence-electron chi connectivity index (χ1n) is 15.4. The van der Waals surface area contributed by atoms with Crippen molar-refractivity contribution in [1.29, 1.82) is 0 Å². The van der Waals surface area contributed by atoms with E-state index in [2.05, 4.69) is 5.32 Å². The minimum Gasteiger partial charge on any atom is -0.497 e.